The first kappa shape index (κ1) is 55.3. The normalized spacial score (nSPS) is 28.1. The number of carbonyl (C=O) groups excluding carboxylic acids is 7. The summed E-state index contributed by atoms with van der Waals surface area (Å²) >= 11 is 0.683. The summed E-state index contributed by atoms with van der Waals surface area (Å²) < 4.78 is 23.4. The van der Waals surface area contributed by atoms with Crippen molar-refractivity contribution in [2.24, 2.45) is 23.7 Å². The third kappa shape index (κ3) is 12.5. The average Bonchev–Trinajstić information content (AvgIpc) is 3.59. The van der Waals surface area contributed by atoms with Crippen LogP contribution in [0.25, 0.3) is 0 Å². The zero-order valence-corrected chi connectivity index (χ0v) is 41.7. The quantitative estimate of drug-likeness (QED) is 0.148. The molecular formula is C51H61N3O16S. The van der Waals surface area contributed by atoms with E-state index in [0.717, 1.165) is 6.26 Å². The Morgan fingerprint density at radius 2 is 1.58 bits per heavy atom. The van der Waals surface area contributed by atoms with E-state index < -0.39 is 141 Å². The summed E-state index contributed by atoms with van der Waals surface area (Å²) in [6.07, 6.45) is 2.47. The molecule has 3 heterocycles. The van der Waals surface area contributed by atoms with Crippen molar-refractivity contribution in [2.45, 2.75) is 104 Å². The molecule has 71 heavy (non-hydrogen) atoms. The number of methoxy groups -OCH3 is 1. The van der Waals surface area contributed by atoms with Gasteiger partial charge in [-0.25, -0.2) is 4.79 Å². The topological polar surface area (TPSA) is 290 Å². The molecule has 1 aliphatic carbocycles. The Labute approximate surface area is 415 Å². The number of aliphatic carboxylic acids is 1. The highest BCUT2D eigenvalue weighted by atomic mass is 32.2. The number of carbonyl (C=O) groups is 8. The lowest BCUT2D eigenvalue weighted by molar-refractivity contribution is -0.160. The third-order valence-electron chi connectivity index (χ3n) is 12.9. The molecule has 0 radical (unpaired) electrons. The maximum Gasteiger partial charge on any atom is 0.326 e. The van der Waals surface area contributed by atoms with E-state index in [1.165, 1.54) is 53.0 Å². The average molecular weight is 1000 g/mol. The number of aromatic hydroxyl groups is 1. The largest absolute Gasteiger partial charge is 0.507 e. The van der Waals surface area contributed by atoms with Crippen molar-refractivity contribution in [2.75, 3.05) is 19.4 Å². The first-order valence-corrected chi connectivity index (χ1v) is 23.9. The lowest BCUT2D eigenvalue weighted by atomic mass is 9.78. The molecule has 0 aromatic heterocycles. The molecule has 4 aliphatic rings. The van der Waals surface area contributed by atoms with E-state index >= 15 is 0 Å². The number of allylic oxidation sites excluding steroid dienone is 4. The molecule has 9 unspecified atom stereocenters. The summed E-state index contributed by atoms with van der Waals surface area (Å²) in [6.45, 7) is 11.4. The van der Waals surface area contributed by atoms with E-state index in [1.807, 2.05) is 0 Å². The lowest BCUT2D eigenvalue weighted by Gasteiger charge is -2.38. The maximum atomic E-state index is 14.8. The molecule has 3 amide bonds. The molecule has 382 valence electrons. The van der Waals surface area contributed by atoms with Crippen molar-refractivity contribution in [3.8, 4) is 11.5 Å². The zero-order valence-electron chi connectivity index (χ0n) is 40.9. The molecule has 20 heteroatoms. The van der Waals surface area contributed by atoms with Crippen LogP contribution in [-0.2, 0) is 44.6 Å². The Bertz CT molecular complexity index is 2570. The number of nitrogens with one attached hydrogen (secondary N) is 3. The van der Waals surface area contributed by atoms with Crippen LogP contribution in [0.1, 0.15) is 97.1 Å². The fraction of sp³-hybridized carbons (Fsp3) is 0.451. The van der Waals surface area contributed by atoms with Crippen molar-refractivity contribution in [1.82, 2.24) is 16.0 Å². The molecular weight excluding hydrogens is 943 g/mol. The number of aliphatic hydroxyl groups is 2. The van der Waals surface area contributed by atoms with E-state index in [2.05, 4.69) is 16.0 Å². The predicted molar refractivity (Wildman–Crippen MR) is 258 cm³/mol. The molecule has 10 atom stereocenters. The predicted octanol–water partition coefficient (Wildman–Crippen LogP) is 4.01. The molecule has 2 aromatic rings. The number of amides is 3. The van der Waals surface area contributed by atoms with Crippen molar-refractivity contribution >= 4 is 58.8 Å². The number of benzene rings is 2. The van der Waals surface area contributed by atoms with Gasteiger partial charge in [0.15, 0.2) is 0 Å². The fourth-order valence-corrected chi connectivity index (χ4v) is 9.62. The minimum absolute atomic E-state index is 0.00737. The standard InChI is InChI=1S/C51H61N3O16S/c1-24-14-13-15-25(2)49(64)54-39-43(61)37-36(44(62)47(39)71-21-19-34(56)52-23-35(57)53-32(50(65)66)22-31-16-11-10-12-17-31)38-46(29(6)42(37)60)70-51(8,48(38)63)68-20-18-33(67-9)26(3)45(69-30(7)55)28(5)41(59)27(4)40(24)58/h10-18,20,24,26-28,32-33,40-41,45,58-60H,19,21-23H2,1-9H3,(H,52,56)(H,53,57)(H,54,64)(H,65,66)/b14-13+,20-18+,25-15-/t24?,26?,27?,28?,32-,33?,40?,41?,45?,51?/m0/s1. The second kappa shape index (κ2) is 23.5. The van der Waals surface area contributed by atoms with Gasteiger partial charge in [0.25, 0.3) is 11.7 Å². The van der Waals surface area contributed by atoms with E-state index in [9.17, 15) is 58.8 Å². The Hall–Kier alpha value is -6.61. The highest BCUT2D eigenvalue weighted by Gasteiger charge is 2.53. The Kier molecular flexibility index (Phi) is 18.3. The summed E-state index contributed by atoms with van der Waals surface area (Å²) in [5.74, 6) is -13.3. The Balaban J connectivity index is 1.50. The zero-order chi connectivity index (χ0) is 52.6. The Morgan fingerprint density at radius 1 is 0.901 bits per heavy atom. The lowest BCUT2D eigenvalue weighted by Crippen LogP contribution is -2.46. The van der Waals surface area contributed by atoms with Crippen LogP contribution in [0.3, 0.4) is 0 Å². The van der Waals surface area contributed by atoms with Crippen LogP contribution in [0.15, 0.2) is 77.1 Å². The van der Waals surface area contributed by atoms with Crippen LogP contribution in [0, 0.1) is 30.6 Å². The number of hydrogen-bond donors (Lipinski definition) is 7. The first-order chi connectivity index (χ1) is 33.4. The summed E-state index contributed by atoms with van der Waals surface area (Å²) in [5, 5.41) is 51.5. The van der Waals surface area contributed by atoms with Gasteiger partial charge in [0.05, 0.1) is 52.7 Å². The SMILES string of the molecule is COC1/C=C/OC2(C)Oc3c(C)c(O)c4c(c3C2=O)C(=O)C(SCCC(=O)NCC(=O)N[C@@H](Cc2ccccc2)C(=O)O)=C(NC(=O)/C(C)=C\C=C\C(C)C(O)C(C)C(O)C(C)C(OC(C)=O)C1C)C4=O. The smallest absolute Gasteiger partial charge is 0.326 e. The maximum absolute atomic E-state index is 14.8. The minimum atomic E-state index is -2.19. The van der Waals surface area contributed by atoms with E-state index in [0.29, 0.717) is 17.3 Å². The molecule has 2 aromatic carbocycles. The minimum Gasteiger partial charge on any atom is -0.507 e. The van der Waals surface area contributed by atoms with Crippen molar-refractivity contribution < 1.29 is 77.7 Å². The number of fused-ring (bicyclic) bond motifs is 14. The Morgan fingerprint density at radius 3 is 2.21 bits per heavy atom. The summed E-state index contributed by atoms with van der Waals surface area (Å²) in [4.78, 5) is 107. The van der Waals surface area contributed by atoms with Crippen LogP contribution in [-0.4, -0.2) is 123 Å². The second-order valence-corrected chi connectivity index (χ2v) is 19.1. The number of ketones is 3. The number of Topliss-reactive ketones (excluding diaryl/α,β-unsaturated/α-hetero) is 3. The highest BCUT2D eigenvalue weighted by Crippen LogP contribution is 2.49. The van der Waals surface area contributed by atoms with Gasteiger partial charge in [-0.1, -0.05) is 76.3 Å². The van der Waals surface area contributed by atoms with E-state index in [1.54, 1.807) is 64.1 Å². The van der Waals surface area contributed by atoms with Gasteiger partial charge in [-0.05, 0) is 25.5 Å². The summed E-state index contributed by atoms with van der Waals surface area (Å²) in [7, 11) is 1.39. The number of aliphatic hydroxyl groups excluding tert-OH is 2. The van der Waals surface area contributed by atoms with Crippen molar-refractivity contribution in [1.29, 1.82) is 0 Å². The van der Waals surface area contributed by atoms with Gasteiger partial charge >= 0.3 is 17.7 Å². The first-order valence-electron chi connectivity index (χ1n) is 22.9. The van der Waals surface area contributed by atoms with Gasteiger partial charge in [0.1, 0.15) is 29.3 Å². The molecule has 6 rings (SSSR count). The molecule has 0 fully saturated rings. The molecule has 0 saturated carbocycles. The number of rotatable bonds is 12. The molecule has 0 spiro atoms. The van der Waals surface area contributed by atoms with Crippen LogP contribution >= 0.6 is 11.8 Å². The van der Waals surface area contributed by atoms with E-state index in [-0.39, 0.29) is 41.0 Å². The van der Waals surface area contributed by atoms with E-state index in [4.69, 9.17) is 18.9 Å². The number of esters is 1. The van der Waals surface area contributed by atoms with Gasteiger partial charge in [0.2, 0.25) is 23.4 Å². The van der Waals surface area contributed by atoms with Crippen LogP contribution in [0.4, 0.5) is 0 Å². The number of carboxylic acid groups (broad SMARTS) is 1. The van der Waals surface area contributed by atoms with Crippen LogP contribution in [0.2, 0.25) is 0 Å². The number of ether oxygens (including phenoxy) is 4. The third-order valence-corrected chi connectivity index (χ3v) is 13.9. The van der Waals surface area contributed by atoms with Gasteiger partial charge in [-0.3, -0.25) is 33.6 Å². The molecule has 0 saturated heterocycles. The molecule has 19 nitrogen and oxygen atoms in total. The number of thioether (sulfide) groups is 1. The second-order valence-electron chi connectivity index (χ2n) is 18.0. The highest BCUT2D eigenvalue weighted by molar-refractivity contribution is 8.04. The molecule has 3 aliphatic heterocycles. The summed E-state index contributed by atoms with van der Waals surface area (Å²) in [6, 6.07) is 7.34. The van der Waals surface area contributed by atoms with Gasteiger partial charge in [0, 0.05) is 74.4 Å². The van der Waals surface area contributed by atoms with Crippen LogP contribution in [0.5, 0.6) is 11.5 Å². The molecule has 5 bridgehead atoms. The number of phenols is 1. The van der Waals surface area contributed by atoms with Gasteiger partial charge in [-0.2, -0.15) is 0 Å². The number of phenolic OH excluding ortho intramolecular Hbond substituents is 1. The van der Waals surface area contributed by atoms with Crippen LogP contribution < -0.4 is 20.7 Å². The van der Waals surface area contributed by atoms with Gasteiger partial charge < -0.3 is 55.3 Å². The van der Waals surface area contributed by atoms with Gasteiger partial charge in [-0.15, -0.1) is 11.8 Å². The van der Waals surface area contributed by atoms with Crippen molar-refractivity contribution in [3.63, 3.8) is 0 Å². The van der Waals surface area contributed by atoms with Crippen molar-refractivity contribution in [3.05, 3.63) is 105 Å². The molecule has 7 N–H and O–H groups in total. The summed E-state index contributed by atoms with van der Waals surface area (Å²) in [5.41, 5.74) is -1.48. The fourth-order valence-electron chi connectivity index (χ4n) is 8.61. The number of carboxylic acids is 1. The monoisotopic (exact) mass is 1000 g/mol. The number of hydrogen-bond acceptors (Lipinski definition) is 16.